The topological polar surface area (TPSA) is 122 Å². The maximum Gasteiger partial charge on any atom is 0.314 e. The summed E-state index contributed by atoms with van der Waals surface area (Å²) in [7, 11) is 7.30. The van der Waals surface area contributed by atoms with E-state index in [2.05, 4.69) is 0 Å². The second kappa shape index (κ2) is 13.2. The van der Waals surface area contributed by atoms with Crippen molar-refractivity contribution < 1.29 is 30.0 Å². The van der Waals surface area contributed by atoms with Crippen LogP contribution in [-0.4, -0.2) is 82.8 Å². The molecule has 0 aliphatic carbocycles. The molecule has 4 N–H and O–H groups in total. The largest absolute Gasteiger partial charge is 0.481 e. The van der Waals surface area contributed by atoms with E-state index in [9.17, 15) is 9.59 Å². The number of aliphatic hydroxyl groups is 2. The van der Waals surface area contributed by atoms with Crippen LogP contribution in [0.2, 0.25) is 0 Å². The fourth-order valence-electron chi connectivity index (χ4n) is 0.129. The molecule has 0 aromatic rings. The predicted octanol–water partition coefficient (Wildman–Crippen LogP) is -0.682. The molecule has 0 saturated carbocycles. The molecule has 0 saturated heterocycles. The van der Waals surface area contributed by atoms with Crippen LogP contribution in [0, 0.1) is 0 Å². The smallest absolute Gasteiger partial charge is 0.314 e. The second-order valence-electron chi connectivity index (χ2n) is 4.16. The van der Waals surface area contributed by atoms with Crippen molar-refractivity contribution in [3.63, 3.8) is 0 Å². The van der Waals surface area contributed by atoms with Gasteiger partial charge in [-0.25, -0.2) is 0 Å². The first kappa shape index (κ1) is 22.9. The van der Waals surface area contributed by atoms with Gasteiger partial charge in [0.1, 0.15) is 18.9 Å². The molecule has 0 bridgehead atoms. The Morgan fingerprint density at radius 1 is 0.842 bits per heavy atom. The Labute approximate surface area is 113 Å². The zero-order chi connectivity index (χ0) is 16.2. The summed E-state index contributed by atoms with van der Waals surface area (Å²) in [6.45, 7) is 3.44. The quantitative estimate of drug-likeness (QED) is 0.395. The molecule has 0 rings (SSSR count). The van der Waals surface area contributed by atoms with Crippen LogP contribution in [-0.2, 0) is 9.59 Å². The number of rotatable bonds is 4. The highest BCUT2D eigenvalue weighted by Gasteiger charge is 2.01. The minimum Gasteiger partial charge on any atom is -0.481 e. The first-order chi connectivity index (χ1) is 8.41. The molecule has 8 heteroatoms. The summed E-state index contributed by atoms with van der Waals surface area (Å²) < 4.78 is 0. The molecular weight excluding hydrogens is 256 g/mol. The van der Waals surface area contributed by atoms with Gasteiger partial charge in [0, 0.05) is 0 Å². The number of hydrogen-bond donors (Lipinski definition) is 4. The van der Waals surface area contributed by atoms with E-state index in [0.717, 1.165) is 0 Å². The molecule has 0 fully saturated rings. The van der Waals surface area contributed by atoms with Crippen LogP contribution in [0.25, 0.3) is 0 Å². The van der Waals surface area contributed by atoms with E-state index in [1.54, 1.807) is 23.6 Å². The number of carboxylic acids is 2. The van der Waals surface area contributed by atoms with Gasteiger partial charge < -0.3 is 20.4 Å². The molecule has 0 aliphatic rings. The lowest BCUT2D eigenvalue weighted by atomic mass is 10.5. The molecule has 2 unspecified atom stereocenters. The van der Waals surface area contributed by atoms with E-state index in [1.807, 2.05) is 28.2 Å². The molecule has 0 spiro atoms. The van der Waals surface area contributed by atoms with E-state index in [1.165, 1.54) is 0 Å². The van der Waals surface area contributed by atoms with E-state index in [4.69, 9.17) is 20.4 Å². The van der Waals surface area contributed by atoms with Gasteiger partial charge in [0.15, 0.2) is 0 Å². The van der Waals surface area contributed by atoms with E-state index >= 15 is 0 Å². The number of carbonyl (C=O) groups is 2. The lowest BCUT2D eigenvalue weighted by Gasteiger charge is -2.11. The van der Waals surface area contributed by atoms with Crippen LogP contribution in [0.3, 0.4) is 0 Å². The van der Waals surface area contributed by atoms with Gasteiger partial charge in [-0.2, -0.15) is 0 Å². The third kappa shape index (κ3) is 31.5. The van der Waals surface area contributed by atoms with Gasteiger partial charge in [-0.05, 0) is 42.0 Å². The summed E-state index contributed by atoms with van der Waals surface area (Å²) in [5.74, 6) is -2.62. The molecular formula is C11H26N2O6. The van der Waals surface area contributed by atoms with Gasteiger partial charge in [0.05, 0.1) is 0 Å². The lowest BCUT2D eigenvalue weighted by molar-refractivity contribution is -0.147. The Balaban J connectivity index is -0.000000203. The molecule has 0 aromatic carbocycles. The summed E-state index contributed by atoms with van der Waals surface area (Å²) in [6.07, 6.45) is -1.44. The van der Waals surface area contributed by atoms with Gasteiger partial charge in [-0.3, -0.25) is 19.4 Å². The van der Waals surface area contributed by atoms with Gasteiger partial charge in [0.25, 0.3) is 0 Å². The van der Waals surface area contributed by atoms with Crippen LogP contribution in [0.5, 0.6) is 0 Å². The van der Waals surface area contributed by atoms with Crippen LogP contribution < -0.4 is 0 Å². The molecule has 19 heavy (non-hydrogen) atoms. The fourth-order valence-corrected chi connectivity index (χ4v) is 0.129. The summed E-state index contributed by atoms with van der Waals surface area (Å²) in [5.41, 5.74) is 0. The number of aliphatic hydroxyl groups excluding tert-OH is 2. The summed E-state index contributed by atoms with van der Waals surface area (Å²) in [5, 5.41) is 32.5. The summed E-state index contributed by atoms with van der Waals surface area (Å²) >= 11 is 0. The van der Waals surface area contributed by atoms with Gasteiger partial charge >= 0.3 is 11.9 Å². The SMILES string of the molecule is CC(O)N(C)C.CC(O)N(C)C.O=C(O)CC(=O)O. The monoisotopic (exact) mass is 282 g/mol. The summed E-state index contributed by atoms with van der Waals surface area (Å²) in [6, 6.07) is 0. The molecule has 0 aromatic heterocycles. The van der Waals surface area contributed by atoms with E-state index in [-0.39, 0.29) is 12.5 Å². The first-order valence-corrected chi connectivity index (χ1v) is 5.54. The van der Waals surface area contributed by atoms with Crippen molar-refractivity contribution in [2.24, 2.45) is 0 Å². The van der Waals surface area contributed by atoms with Gasteiger partial charge in [-0.1, -0.05) is 0 Å². The maximum absolute atomic E-state index is 9.43. The van der Waals surface area contributed by atoms with Crippen molar-refractivity contribution in [2.75, 3.05) is 28.2 Å². The number of nitrogens with zero attached hydrogens (tertiary/aromatic N) is 2. The number of carboxylic acid groups (broad SMARTS) is 2. The van der Waals surface area contributed by atoms with Crippen molar-refractivity contribution in [1.29, 1.82) is 0 Å². The first-order valence-electron chi connectivity index (χ1n) is 5.54. The highest BCUT2D eigenvalue weighted by atomic mass is 16.4. The predicted molar refractivity (Wildman–Crippen MR) is 70.6 cm³/mol. The van der Waals surface area contributed by atoms with Crippen LogP contribution >= 0.6 is 0 Å². The van der Waals surface area contributed by atoms with Crippen molar-refractivity contribution in [3.8, 4) is 0 Å². The molecule has 0 radical (unpaired) electrons. The average molecular weight is 282 g/mol. The van der Waals surface area contributed by atoms with Crippen LogP contribution in [0.15, 0.2) is 0 Å². The fraction of sp³-hybridized carbons (Fsp3) is 0.818. The van der Waals surface area contributed by atoms with E-state index in [0.29, 0.717) is 0 Å². The molecule has 116 valence electrons. The van der Waals surface area contributed by atoms with Gasteiger partial charge in [-0.15, -0.1) is 0 Å². The third-order valence-electron chi connectivity index (χ3n) is 1.80. The Morgan fingerprint density at radius 2 is 1.00 bits per heavy atom. The number of hydrogen-bond acceptors (Lipinski definition) is 6. The maximum atomic E-state index is 9.43. The highest BCUT2D eigenvalue weighted by molar-refractivity contribution is 5.88. The van der Waals surface area contributed by atoms with Crippen molar-refractivity contribution in [1.82, 2.24) is 9.80 Å². The highest BCUT2D eigenvalue weighted by Crippen LogP contribution is 1.80. The van der Waals surface area contributed by atoms with Crippen LogP contribution in [0.1, 0.15) is 20.3 Å². The van der Waals surface area contributed by atoms with E-state index < -0.39 is 18.4 Å². The minimum absolute atomic E-state index is 0.315. The van der Waals surface area contributed by atoms with Crippen LogP contribution in [0.4, 0.5) is 0 Å². The minimum atomic E-state index is -1.31. The zero-order valence-corrected chi connectivity index (χ0v) is 12.4. The molecule has 0 amide bonds. The summed E-state index contributed by atoms with van der Waals surface area (Å²) in [4.78, 5) is 22.3. The van der Waals surface area contributed by atoms with Crippen molar-refractivity contribution in [2.45, 2.75) is 32.7 Å². The Morgan fingerprint density at radius 3 is 1.00 bits per heavy atom. The van der Waals surface area contributed by atoms with Gasteiger partial charge in [0.2, 0.25) is 0 Å². The normalized spacial score (nSPS) is 12.7. The second-order valence-corrected chi connectivity index (χ2v) is 4.16. The molecule has 0 aliphatic heterocycles. The molecule has 0 heterocycles. The van der Waals surface area contributed by atoms with Crippen molar-refractivity contribution in [3.05, 3.63) is 0 Å². The zero-order valence-electron chi connectivity index (χ0n) is 12.4. The third-order valence-corrected chi connectivity index (χ3v) is 1.80. The van der Waals surface area contributed by atoms with Crippen molar-refractivity contribution >= 4 is 11.9 Å². The Bertz CT molecular complexity index is 205. The molecule has 8 nitrogen and oxygen atoms in total. The lowest BCUT2D eigenvalue weighted by Crippen LogP contribution is -2.23. The standard InChI is InChI=1S/2C4H11NO.C3H4O4/c2*1-4(6)5(2)3;4-2(5)1-3(6)7/h2*4,6H,1-3H3;1H2,(H,4,5)(H,6,7). The molecule has 2 atom stereocenters. The Kier molecular flexibility index (Phi) is 15.9. The number of aliphatic carboxylic acids is 2. The average Bonchev–Trinajstić information content (AvgIpc) is 2.16. The Hall–Kier alpha value is -1.22.